The van der Waals surface area contributed by atoms with Gasteiger partial charge in [-0.1, -0.05) is 23.4 Å². The molecule has 0 atom stereocenters. The van der Waals surface area contributed by atoms with Crippen LogP contribution in [0.5, 0.6) is 0 Å². The lowest BCUT2D eigenvalue weighted by atomic mass is 10.4. The molecule has 1 aromatic carbocycles. The minimum absolute atomic E-state index is 0.200. The van der Waals surface area contributed by atoms with Crippen LogP contribution in [-0.2, 0) is 4.74 Å². The van der Waals surface area contributed by atoms with Crippen molar-refractivity contribution in [3.63, 3.8) is 0 Å². The first kappa shape index (κ1) is 19.7. The van der Waals surface area contributed by atoms with Crippen molar-refractivity contribution < 1.29 is 13.5 Å². The molecular formula is C19H17ClFN5O2S. The summed E-state index contributed by atoms with van der Waals surface area (Å²) in [7, 11) is 0. The number of furan rings is 1. The van der Waals surface area contributed by atoms with Crippen LogP contribution in [0.2, 0.25) is 5.02 Å². The first-order valence-corrected chi connectivity index (χ1v) is 10.0. The lowest BCUT2D eigenvalue weighted by Gasteiger charge is -2.27. The lowest BCUT2D eigenvalue weighted by molar-refractivity contribution is 0.122. The molecule has 0 spiro atoms. The molecule has 1 aliphatic rings. The zero-order valence-corrected chi connectivity index (χ0v) is 16.8. The Hall–Kier alpha value is -2.62. The number of benzene rings is 1. The van der Waals surface area contributed by atoms with Gasteiger partial charge in [0, 0.05) is 23.0 Å². The topological polar surface area (TPSA) is 75.8 Å². The highest BCUT2D eigenvalue weighted by atomic mass is 35.5. The van der Waals surface area contributed by atoms with Crippen molar-refractivity contribution in [2.45, 2.75) is 9.99 Å². The van der Waals surface area contributed by atoms with Crippen molar-refractivity contribution in [1.82, 2.24) is 9.97 Å². The summed E-state index contributed by atoms with van der Waals surface area (Å²) in [6, 6.07) is 11.1. The Morgan fingerprint density at radius 2 is 1.97 bits per heavy atom. The van der Waals surface area contributed by atoms with Crippen LogP contribution in [0.1, 0.15) is 5.76 Å². The third-order valence-corrected chi connectivity index (χ3v) is 5.21. The number of hydrogen-bond donors (Lipinski definition) is 1. The summed E-state index contributed by atoms with van der Waals surface area (Å²) in [4.78, 5) is 11.0. The molecule has 2 aromatic heterocycles. The zero-order chi connectivity index (χ0) is 20.1. The predicted molar refractivity (Wildman–Crippen MR) is 111 cm³/mol. The number of morpholine rings is 1. The number of hydrogen-bond acceptors (Lipinski definition) is 8. The van der Waals surface area contributed by atoms with Crippen LogP contribution in [0, 0.1) is 5.82 Å². The van der Waals surface area contributed by atoms with E-state index in [0.29, 0.717) is 37.1 Å². The van der Waals surface area contributed by atoms with E-state index in [4.69, 9.17) is 20.8 Å². The molecule has 150 valence electrons. The molecule has 4 rings (SSSR count). The maximum absolute atomic E-state index is 14.0. The van der Waals surface area contributed by atoms with Crippen molar-refractivity contribution in [1.29, 1.82) is 0 Å². The Balaban J connectivity index is 1.37. The van der Waals surface area contributed by atoms with Gasteiger partial charge < -0.3 is 14.1 Å². The quantitative estimate of drug-likeness (QED) is 0.459. The third kappa shape index (κ3) is 5.26. The summed E-state index contributed by atoms with van der Waals surface area (Å²) in [6.45, 7) is 2.24. The van der Waals surface area contributed by atoms with Gasteiger partial charge in [0.05, 0.1) is 25.6 Å². The van der Waals surface area contributed by atoms with Gasteiger partial charge >= 0.3 is 0 Å². The van der Waals surface area contributed by atoms with Crippen molar-refractivity contribution in [2.75, 3.05) is 36.6 Å². The van der Waals surface area contributed by atoms with Crippen LogP contribution in [0.3, 0.4) is 0 Å². The molecule has 0 aliphatic carbocycles. The highest BCUT2D eigenvalue weighted by Crippen LogP contribution is 2.29. The molecule has 1 N–H and O–H groups in total. The van der Waals surface area contributed by atoms with Crippen molar-refractivity contribution in [3.8, 4) is 0 Å². The fourth-order valence-electron chi connectivity index (χ4n) is 2.64. The van der Waals surface area contributed by atoms with E-state index in [2.05, 4.69) is 20.5 Å². The number of halogens is 2. The molecule has 29 heavy (non-hydrogen) atoms. The summed E-state index contributed by atoms with van der Waals surface area (Å²) < 4.78 is 25.0. The Labute approximate surface area is 175 Å². The summed E-state index contributed by atoms with van der Waals surface area (Å²) in [5, 5.41) is 5.48. The molecule has 1 saturated heterocycles. The van der Waals surface area contributed by atoms with Crippen LogP contribution in [0.4, 0.5) is 16.2 Å². The van der Waals surface area contributed by atoms with Gasteiger partial charge in [0.1, 0.15) is 5.76 Å². The summed E-state index contributed by atoms with van der Waals surface area (Å²) in [6.07, 6.45) is 2.64. The minimum atomic E-state index is -0.476. The van der Waals surface area contributed by atoms with E-state index >= 15 is 0 Å². The van der Waals surface area contributed by atoms with Gasteiger partial charge in [-0.2, -0.15) is 10.1 Å². The number of ether oxygens (including phenoxy) is 1. The molecule has 3 aromatic rings. The second-order valence-corrected chi connectivity index (χ2v) is 7.56. The molecule has 10 heteroatoms. The van der Waals surface area contributed by atoms with Gasteiger partial charge in [-0.15, -0.1) is 0 Å². The van der Waals surface area contributed by atoms with E-state index in [9.17, 15) is 4.39 Å². The van der Waals surface area contributed by atoms with Crippen LogP contribution in [0.15, 0.2) is 62.1 Å². The van der Waals surface area contributed by atoms with E-state index in [1.165, 1.54) is 18.0 Å². The number of anilines is 2. The Morgan fingerprint density at radius 1 is 1.17 bits per heavy atom. The van der Waals surface area contributed by atoms with Crippen molar-refractivity contribution >= 4 is 41.3 Å². The molecule has 3 heterocycles. The second kappa shape index (κ2) is 9.25. The van der Waals surface area contributed by atoms with Gasteiger partial charge in [-0.25, -0.2) is 14.8 Å². The van der Waals surface area contributed by atoms with Crippen molar-refractivity contribution in [2.24, 2.45) is 5.10 Å². The Bertz CT molecular complexity index is 993. The van der Waals surface area contributed by atoms with Gasteiger partial charge in [0.2, 0.25) is 5.95 Å². The van der Waals surface area contributed by atoms with Gasteiger partial charge in [0.15, 0.2) is 16.7 Å². The van der Waals surface area contributed by atoms with Crippen LogP contribution < -0.4 is 10.3 Å². The molecule has 0 unspecified atom stereocenters. The normalized spacial score (nSPS) is 14.5. The Kier molecular flexibility index (Phi) is 6.28. The SMILES string of the molecule is Fc1cnc(N/N=C\c2ccc(Sc3ccc(Cl)cc3)o2)nc1N1CCOCC1. The van der Waals surface area contributed by atoms with Crippen LogP contribution in [0.25, 0.3) is 0 Å². The third-order valence-electron chi connectivity index (χ3n) is 4.03. The molecule has 7 nitrogen and oxygen atoms in total. The number of nitrogens with zero attached hydrogens (tertiary/aromatic N) is 4. The molecule has 1 fully saturated rings. The summed E-state index contributed by atoms with van der Waals surface area (Å²) in [5.41, 5.74) is 2.71. The van der Waals surface area contributed by atoms with Crippen LogP contribution in [-0.4, -0.2) is 42.5 Å². The summed E-state index contributed by atoms with van der Waals surface area (Å²) in [5.74, 6) is 0.521. The maximum atomic E-state index is 14.0. The zero-order valence-electron chi connectivity index (χ0n) is 15.2. The van der Waals surface area contributed by atoms with E-state index in [1.807, 2.05) is 35.2 Å². The van der Waals surface area contributed by atoms with E-state index in [-0.39, 0.29) is 11.8 Å². The smallest absolute Gasteiger partial charge is 0.245 e. The van der Waals surface area contributed by atoms with Crippen molar-refractivity contribution in [3.05, 3.63) is 59.2 Å². The molecule has 1 aliphatic heterocycles. The molecule has 0 saturated carbocycles. The van der Waals surface area contributed by atoms with Gasteiger partial charge in [0.25, 0.3) is 0 Å². The fraction of sp³-hybridized carbons (Fsp3) is 0.211. The average Bonchev–Trinajstić information content (AvgIpc) is 3.19. The summed E-state index contributed by atoms with van der Waals surface area (Å²) >= 11 is 7.37. The largest absolute Gasteiger partial charge is 0.448 e. The number of nitrogens with one attached hydrogen (secondary N) is 1. The van der Waals surface area contributed by atoms with Crippen LogP contribution >= 0.6 is 23.4 Å². The number of hydrazone groups is 1. The minimum Gasteiger partial charge on any atom is -0.448 e. The van der Waals surface area contributed by atoms with Gasteiger partial charge in [-0.3, -0.25) is 0 Å². The highest BCUT2D eigenvalue weighted by molar-refractivity contribution is 7.99. The first-order chi connectivity index (χ1) is 14.2. The Morgan fingerprint density at radius 3 is 2.76 bits per heavy atom. The average molecular weight is 434 g/mol. The lowest BCUT2D eigenvalue weighted by Crippen LogP contribution is -2.37. The highest BCUT2D eigenvalue weighted by Gasteiger charge is 2.17. The monoisotopic (exact) mass is 433 g/mol. The van der Waals surface area contributed by atoms with Gasteiger partial charge in [-0.05, 0) is 36.4 Å². The van der Waals surface area contributed by atoms with E-state index in [0.717, 1.165) is 16.2 Å². The molecule has 0 radical (unpaired) electrons. The number of aromatic nitrogens is 2. The molecular weight excluding hydrogens is 417 g/mol. The second-order valence-electron chi connectivity index (χ2n) is 6.05. The predicted octanol–water partition coefficient (Wildman–Crippen LogP) is 4.30. The van der Waals surface area contributed by atoms with E-state index in [1.54, 1.807) is 6.07 Å². The first-order valence-electron chi connectivity index (χ1n) is 8.85. The molecule has 0 bridgehead atoms. The van der Waals surface area contributed by atoms with E-state index < -0.39 is 5.82 Å². The molecule has 0 amide bonds. The maximum Gasteiger partial charge on any atom is 0.245 e. The number of rotatable bonds is 6. The fourth-order valence-corrected chi connectivity index (χ4v) is 3.54. The standard InChI is InChI=1S/C19H17ClFN5O2S/c20-13-1-4-15(5-2-13)29-17-6-3-14(28-17)11-23-25-19-22-12-16(21)18(24-19)26-7-9-27-10-8-26/h1-6,11-12H,7-10H2,(H,22,24,25)/b23-11-.